The van der Waals surface area contributed by atoms with Crippen molar-refractivity contribution in [3.63, 3.8) is 0 Å². The van der Waals surface area contributed by atoms with Gasteiger partial charge in [-0.15, -0.1) is 0 Å². The van der Waals surface area contributed by atoms with Crippen LogP contribution in [0.4, 0.5) is 0 Å². The van der Waals surface area contributed by atoms with E-state index >= 15 is 0 Å². The Morgan fingerprint density at radius 2 is 1.92 bits per heavy atom. The minimum Gasteiger partial charge on any atom is -0.0853 e. The molecular formula is C12H24Si. The fourth-order valence-electron chi connectivity index (χ4n) is 1.84. The lowest BCUT2D eigenvalue weighted by atomic mass is 10.1. The van der Waals surface area contributed by atoms with E-state index in [4.69, 9.17) is 0 Å². The van der Waals surface area contributed by atoms with E-state index in [0.717, 1.165) is 0 Å². The Bertz CT molecular complexity index is 174. The van der Waals surface area contributed by atoms with Gasteiger partial charge in [0.2, 0.25) is 0 Å². The lowest BCUT2D eigenvalue weighted by molar-refractivity contribution is 0.705. The van der Waals surface area contributed by atoms with Gasteiger partial charge in [-0.3, -0.25) is 0 Å². The van der Waals surface area contributed by atoms with Crippen LogP contribution < -0.4 is 0 Å². The van der Waals surface area contributed by atoms with Crippen LogP contribution >= 0.6 is 0 Å². The topological polar surface area (TPSA) is 0 Å². The molecular weight excluding hydrogens is 172 g/mol. The SMILES string of the molecule is C[Si](C)(C)CCC1=CCCCCC1. The van der Waals surface area contributed by atoms with E-state index in [1.807, 2.05) is 0 Å². The first-order valence-electron chi connectivity index (χ1n) is 5.76. The molecule has 0 aromatic heterocycles. The molecule has 0 saturated carbocycles. The summed E-state index contributed by atoms with van der Waals surface area (Å²) in [6.45, 7) is 7.43. The maximum atomic E-state index is 2.52. The van der Waals surface area contributed by atoms with Gasteiger partial charge in [0, 0.05) is 8.07 Å². The van der Waals surface area contributed by atoms with Crippen LogP contribution in [0.25, 0.3) is 0 Å². The highest BCUT2D eigenvalue weighted by atomic mass is 28.3. The molecule has 1 rings (SSSR count). The zero-order valence-corrected chi connectivity index (χ0v) is 10.5. The van der Waals surface area contributed by atoms with Crippen LogP contribution in [0.2, 0.25) is 25.7 Å². The summed E-state index contributed by atoms with van der Waals surface area (Å²) in [6.07, 6.45) is 11.0. The minimum absolute atomic E-state index is 0.798. The lowest BCUT2D eigenvalue weighted by Gasteiger charge is -2.16. The van der Waals surface area contributed by atoms with Gasteiger partial charge in [-0.25, -0.2) is 0 Å². The van der Waals surface area contributed by atoms with Crippen molar-refractivity contribution in [2.24, 2.45) is 0 Å². The predicted octanol–water partition coefficient (Wildman–Crippen LogP) is 4.61. The van der Waals surface area contributed by atoms with E-state index in [-0.39, 0.29) is 0 Å². The summed E-state index contributed by atoms with van der Waals surface area (Å²) in [7, 11) is -0.798. The molecule has 1 aliphatic carbocycles. The highest BCUT2D eigenvalue weighted by Crippen LogP contribution is 2.23. The number of hydrogen-bond donors (Lipinski definition) is 0. The zero-order chi connectivity index (χ0) is 9.73. The van der Waals surface area contributed by atoms with Gasteiger partial charge < -0.3 is 0 Å². The maximum Gasteiger partial charge on any atom is 0.0445 e. The highest BCUT2D eigenvalue weighted by Gasteiger charge is 2.13. The van der Waals surface area contributed by atoms with Crippen LogP contribution in [0.5, 0.6) is 0 Å². The number of rotatable bonds is 3. The van der Waals surface area contributed by atoms with Crippen molar-refractivity contribution in [1.29, 1.82) is 0 Å². The Hall–Kier alpha value is -0.0431. The van der Waals surface area contributed by atoms with Gasteiger partial charge in [-0.2, -0.15) is 0 Å². The molecule has 0 amide bonds. The smallest absolute Gasteiger partial charge is 0.0445 e. The second-order valence-corrected chi connectivity index (χ2v) is 11.1. The summed E-state index contributed by atoms with van der Waals surface area (Å²) >= 11 is 0. The van der Waals surface area contributed by atoms with Crippen LogP contribution in [-0.4, -0.2) is 8.07 Å². The molecule has 0 bridgehead atoms. The molecule has 0 aromatic rings. The molecule has 0 unspecified atom stereocenters. The van der Waals surface area contributed by atoms with Crippen molar-refractivity contribution in [2.75, 3.05) is 0 Å². The molecule has 0 heterocycles. The summed E-state index contributed by atoms with van der Waals surface area (Å²) in [4.78, 5) is 0. The first-order valence-corrected chi connectivity index (χ1v) is 9.46. The average molecular weight is 196 g/mol. The Labute approximate surface area is 84.4 Å². The van der Waals surface area contributed by atoms with Gasteiger partial charge in [0.1, 0.15) is 0 Å². The van der Waals surface area contributed by atoms with Crippen molar-refractivity contribution >= 4 is 8.07 Å². The predicted molar refractivity (Wildman–Crippen MR) is 63.9 cm³/mol. The third kappa shape index (κ3) is 5.30. The molecule has 0 nitrogen and oxygen atoms in total. The Morgan fingerprint density at radius 3 is 2.62 bits per heavy atom. The number of hydrogen-bond acceptors (Lipinski definition) is 0. The van der Waals surface area contributed by atoms with Crippen LogP contribution in [0, 0.1) is 0 Å². The van der Waals surface area contributed by atoms with Crippen LogP contribution in [0.1, 0.15) is 38.5 Å². The van der Waals surface area contributed by atoms with Gasteiger partial charge in [0.15, 0.2) is 0 Å². The first kappa shape index (κ1) is 11.0. The van der Waals surface area contributed by atoms with Gasteiger partial charge in [-0.05, 0) is 32.1 Å². The third-order valence-electron chi connectivity index (χ3n) is 2.83. The zero-order valence-electron chi connectivity index (χ0n) is 9.53. The Morgan fingerprint density at radius 1 is 1.15 bits per heavy atom. The van der Waals surface area contributed by atoms with Crippen molar-refractivity contribution in [1.82, 2.24) is 0 Å². The summed E-state index contributed by atoms with van der Waals surface area (Å²) < 4.78 is 0. The van der Waals surface area contributed by atoms with E-state index in [1.165, 1.54) is 44.6 Å². The van der Waals surface area contributed by atoms with Crippen LogP contribution in [0.15, 0.2) is 11.6 Å². The molecule has 0 saturated heterocycles. The fourth-order valence-corrected chi connectivity index (χ4v) is 2.92. The average Bonchev–Trinajstić information content (AvgIpc) is 2.26. The first-order chi connectivity index (χ1) is 6.08. The number of allylic oxidation sites excluding steroid dienone is 2. The monoisotopic (exact) mass is 196 g/mol. The quantitative estimate of drug-likeness (QED) is 0.457. The molecule has 0 aromatic carbocycles. The molecule has 0 aliphatic heterocycles. The summed E-state index contributed by atoms with van der Waals surface area (Å²) in [5, 5.41) is 0. The van der Waals surface area contributed by atoms with E-state index in [2.05, 4.69) is 25.7 Å². The molecule has 1 heteroatoms. The standard InChI is InChI=1S/C12H24Si/c1-13(2,3)11-10-12-8-6-4-5-7-9-12/h8H,4-7,9-11H2,1-3H3. The molecule has 1 aliphatic rings. The molecule has 0 atom stereocenters. The largest absolute Gasteiger partial charge is 0.0853 e. The maximum absolute atomic E-state index is 2.52. The molecule has 0 fully saturated rings. The van der Waals surface area contributed by atoms with Gasteiger partial charge >= 0.3 is 0 Å². The van der Waals surface area contributed by atoms with Crippen LogP contribution in [0.3, 0.4) is 0 Å². The fraction of sp³-hybridized carbons (Fsp3) is 0.833. The van der Waals surface area contributed by atoms with Crippen LogP contribution in [-0.2, 0) is 0 Å². The van der Waals surface area contributed by atoms with Gasteiger partial charge in [0.05, 0.1) is 0 Å². The van der Waals surface area contributed by atoms with Crippen molar-refractivity contribution in [3.8, 4) is 0 Å². The normalized spacial score (nSPS) is 19.5. The van der Waals surface area contributed by atoms with Crippen molar-refractivity contribution in [2.45, 2.75) is 64.2 Å². The lowest BCUT2D eigenvalue weighted by Crippen LogP contribution is -2.18. The molecule has 0 spiro atoms. The van der Waals surface area contributed by atoms with Gasteiger partial charge in [-0.1, -0.05) is 43.8 Å². The second kappa shape index (κ2) is 4.99. The highest BCUT2D eigenvalue weighted by molar-refractivity contribution is 6.76. The summed E-state index contributed by atoms with van der Waals surface area (Å²) in [6, 6.07) is 1.48. The Kier molecular flexibility index (Phi) is 4.24. The van der Waals surface area contributed by atoms with Gasteiger partial charge in [0.25, 0.3) is 0 Å². The molecule has 76 valence electrons. The summed E-state index contributed by atoms with van der Waals surface area (Å²) in [5.41, 5.74) is 1.76. The third-order valence-corrected chi connectivity index (χ3v) is 4.58. The molecule has 0 N–H and O–H groups in total. The summed E-state index contributed by atoms with van der Waals surface area (Å²) in [5.74, 6) is 0. The van der Waals surface area contributed by atoms with Crippen molar-refractivity contribution < 1.29 is 0 Å². The van der Waals surface area contributed by atoms with Crippen molar-refractivity contribution in [3.05, 3.63) is 11.6 Å². The molecule has 13 heavy (non-hydrogen) atoms. The Balaban J connectivity index is 2.30. The molecule has 0 radical (unpaired) electrons. The van der Waals surface area contributed by atoms with E-state index < -0.39 is 8.07 Å². The van der Waals surface area contributed by atoms with E-state index in [1.54, 1.807) is 5.57 Å². The van der Waals surface area contributed by atoms with E-state index in [0.29, 0.717) is 0 Å². The van der Waals surface area contributed by atoms with E-state index in [9.17, 15) is 0 Å². The second-order valence-electron chi connectivity index (χ2n) is 5.52. The minimum atomic E-state index is -0.798.